The summed E-state index contributed by atoms with van der Waals surface area (Å²) >= 11 is 0. The SMILES string of the molecule is CCCCN1CCN(c2ccc(N3C(=O)CCCC3=O)cc2C2=CCC(C(C)(C)C)CC2)CC1.Cl. The highest BCUT2D eigenvalue weighted by Crippen LogP contribution is 2.43. The zero-order chi connectivity index (χ0) is 24.3. The average Bonchev–Trinajstić information content (AvgIpc) is 2.82. The maximum absolute atomic E-state index is 12.6. The summed E-state index contributed by atoms with van der Waals surface area (Å²) in [6.07, 6.45) is 9.84. The molecule has 2 fully saturated rings. The van der Waals surface area contributed by atoms with Crippen molar-refractivity contribution in [3.05, 3.63) is 29.8 Å². The number of amides is 2. The fraction of sp³-hybridized carbons (Fsp3) is 0.655. The van der Waals surface area contributed by atoms with Crippen molar-refractivity contribution < 1.29 is 9.59 Å². The molecule has 1 atom stereocenters. The van der Waals surface area contributed by atoms with Crippen LogP contribution in [0.3, 0.4) is 0 Å². The van der Waals surface area contributed by atoms with Crippen LogP contribution in [0.2, 0.25) is 0 Å². The monoisotopic (exact) mass is 501 g/mol. The predicted octanol–water partition coefficient (Wildman–Crippen LogP) is 6.30. The molecule has 5 nitrogen and oxygen atoms in total. The van der Waals surface area contributed by atoms with E-state index in [1.807, 2.05) is 6.07 Å². The second-order valence-corrected chi connectivity index (χ2v) is 11.4. The summed E-state index contributed by atoms with van der Waals surface area (Å²) < 4.78 is 0. The highest BCUT2D eigenvalue weighted by molar-refractivity contribution is 6.16. The van der Waals surface area contributed by atoms with Gasteiger partial charge in [-0.05, 0) is 73.8 Å². The van der Waals surface area contributed by atoms with Gasteiger partial charge in [0.05, 0.1) is 5.69 Å². The second kappa shape index (κ2) is 11.9. The van der Waals surface area contributed by atoms with Crippen LogP contribution in [0.15, 0.2) is 24.3 Å². The Labute approximate surface area is 218 Å². The van der Waals surface area contributed by atoms with E-state index in [9.17, 15) is 9.59 Å². The molecule has 1 aromatic rings. The average molecular weight is 502 g/mol. The van der Waals surface area contributed by atoms with E-state index in [2.05, 4.69) is 55.7 Å². The van der Waals surface area contributed by atoms with Gasteiger partial charge in [0.15, 0.2) is 0 Å². The highest BCUT2D eigenvalue weighted by atomic mass is 35.5. The summed E-state index contributed by atoms with van der Waals surface area (Å²) in [5.41, 5.74) is 4.92. The Kier molecular flexibility index (Phi) is 9.45. The third-order valence-corrected chi connectivity index (χ3v) is 8.04. The van der Waals surface area contributed by atoms with Gasteiger partial charge < -0.3 is 4.90 Å². The molecule has 35 heavy (non-hydrogen) atoms. The van der Waals surface area contributed by atoms with Gasteiger partial charge in [0.25, 0.3) is 0 Å². The van der Waals surface area contributed by atoms with Crippen molar-refractivity contribution in [1.82, 2.24) is 4.90 Å². The van der Waals surface area contributed by atoms with Crippen LogP contribution in [-0.2, 0) is 9.59 Å². The number of benzene rings is 1. The van der Waals surface area contributed by atoms with Crippen molar-refractivity contribution in [3.8, 4) is 0 Å². The van der Waals surface area contributed by atoms with E-state index in [0.29, 0.717) is 30.6 Å². The standard InChI is InChI=1S/C29H43N3O2.ClH/c1-5-6-16-30-17-19-31(20-18-30)26-15-14-24(32-27(33)8-7-9-28(32)34)21-25(26)22-10-12-23(13-11-22)29(2,3)4;/h10,14-15,21,23H,5-9,11-13,16-20H2,1-4H3;1H. The molecular formula is C29H44ClN3O2. The van der Waals surface area contributed by atoms with E-state index < -0.39 is 0 Å². The lowest BCUT2D eigenvalue weighted by Crippen LogP contribution is -2.47. The third-order valence-electron chi connectivity index (χ3n) is 8.04. The van der Waals surface area contributed by atoms with Crippen LogP contribution in [-0.4, -0.2) is 49.4 Å². The fourth-order valence-electron chi connectivity index (χ4n) is 5.70. The topological polar surface area (TPSA) is 43.9 Å². The minimum Gasteiger partial charge on any atom is -0.368 e. The molecule has 4 rings (SSSR count). The number of nitrogens with zero attached hydrogens (tertiary/aromatic N) is 3. The largest absolute Gasteiger partial charge is 0.368 e. The molecule has 194 valence electrons. The predicted molar refractivity (Wildman–Crippen MR) is 148 cm³/mol. The Morgan fingerprint density at radius 2 is 1.66 bits per heavy atom. The Hall–Kier alpha value is -1.85. The number of halogens is 1. The quantitative estimate of drug-likeness (QED) is 0.429. The maximum atomic E-state index is 12.6. The van der Waals surface area contributed by atoms with Crippen LogP contribution < -0.4 is 9.80 Å². The van der Waals surface area contributed by atoms with Gasteiger partial charge in [-0.15, -0.1) is 12.4 Å². The van der Waals surface area contributed by atoms with Gasteiger partial charge >= 0.3 is 0 Å². The Balaban J connectivity index is 0.00000342. The van der Waals surface area contributed by atoms with E-state index in [0.717, 1.165) is 44.7 Å². The van der Waals surface area contributed by atoms with Crippen LogP contribution in [0.25, 0.3) is 5.57 Å². The number of rotatable bonds is 6. The maximum Gasteiger partial charge on any atom is 0.233 e. The number of imide groups is 1. The molecule has 0 aromatic heterocycles. The Morgan fingerprint density at radius 3 is 2.23 bits per heavy atom. The van der Waals surface area contributed by atoms with Gasteiger partial charge in [-0.2, -0.15) is 0 Å². The van der Waals surface area contributed by atoms with Crippen molar-refractivity contribution in [2.45, 2.75) is 79.1 Å². The van der Waals surface area contributed by atoms with E-state index in [1.54, 1.807) is 0 Å². The summed E-state index contributed by atoms with van der Waals surface area (Å²) in [5.74, 6) is 0.560. The lowest BCUT2D eigenvalue weighted by Gasteiger charge is -2.38. The lowest BCUT2D eigenvalue weighted by atomic mass is 9.72. The van der Waals surface area contributed by atoms with Crippen molar-refractivity contribution in [2.24, 2.45) is 11.3 Å². The molecule has 3 aliphatic rings. The molecule has 0 radical (unpaired) electrons. The van der Waals surface area contributed by atoms with Crippen molar-refractivity contribution >= 4 is 41.2 Å². The van der Waals surface area contributed by atoms with Crippen molar-refractivity contribution in [2.75, 3.05) is 42.5 Å². The molecule has 0 saturated carbocycles. The summed E-state index contributed by atoms with van der Waals surface area (Å²) in [4.78, 5) is 31.8. The molecule has 0 bridgehead atoms. The van der Waals surface area contributed by atoms with Crippen LogP contribution in [0, 0.1) is 11.3 Å². The molecular weight excluding hydrogens is 458 g/mol. The molecule has 2 amide bonds. The number of carbonyl (C=O) groups is 2. The van der Waals surface area contributed by atoms with E-state index in [1.165, 1.54) is 47.5 Å². The number of anilines is 2. The number of unbranched alkanes of at least 4 members (excludes halogenated alkanes) is 1. The first-order valence-electron chi connectivity index (χ1n) is 13.4. The summed E-state index contributed by atoms with van der Waals surface area (Å²) in [6, 6.07) is 6.28. The van der Waals surface area contributed by atoms with Crippen molar-refractivity contribution in [1.29, 1.82) is 0 Å². The Morgan fingerprint density at radius 1 is 0.971 bits per heavy atom. The molecule has 0 spiro atoms. The fourth-order valence-corrected chi connectivity index (χ4v) is 5.70. The summed E-state index contributed by atoms with van der Waals surface area (Å²) in [5, 5.41) is 0. The zero-order valence-corrected chi connectivity index (χ0v) is 23.0. The first kappa shape index (κ1) is 27.7. The molecule has 2 aliphatic heterocycles. The molecule has 2 saturated heterocycles. The second-order valence-electron chi connectivity index (χ2n) is 11.4. The van der Waals surface area contributed by atoms with E-state index in [-0.39, 0.29) is 24.2 Å². The molecule has 1 aliphatic carbocycles. The highest BCUT2D eigenvalue weighted by Gasteiger charge is 2.31. The lowest BCUT2D eigenvalue weighted by molar-refractivity contribution is -0.129. The Bertz CT molecular complexity index is 912. The number of hydrogen-bond donors (Lipinski definition) is 0. The molecule has 1 unspecified atom stereocenters. The number of piperazine rings is 1. The first-order chi connectivity index (χ1) is 16.3. The van der Waals surface area contributed by atoms with Gasteiger partial charge in [0.2, 0.25) is 11.8 Å². The van der Waals surface area contributed by atoms with Crippen LogP contribution in [0.5, 0.6) is 0 Å². The first-order valence-corrected chi connectivity index (χ1v) is 13.4. The van der Waals surface area contributed by atoms with E-state index in [4.69, 9.17) is 0 Å². The van der Waals surface area contributed by atoms with Gasteiger partial charge in [-0.1, -0.05) is 40.2 Å². The number of piperidine rings is 1. The molecule has 0 N–H and O–H groups in total. The minimum absolute atomic E-state index is 0. The molecule has 2 heterocycles. The smallest absolute Gasteiger partial charge is 0.233 e. The van der Waals surface area contributed by atoms with Crippen molar-refractivity contribution in [3.63, 3.8) is 0 Å². The summed E-state index contributed by atoms with van der Waals surface area (Å²) in [7, 11) is 0. The third kappa shape index (κ3) is 6.48. The zero-order valence-electron chi connectivity index (χ0n) is 22.1. The van der Waals surface area contributed by atoms with Gasteiger partial charge in [-0.25, -0.2) is 0 Å². The molecule has 1 aromatic carbocycles. The van der Waals surface area contributed by atoms with Crippen LogP contribution in [0.1, 0.15) is 84.6 Å². The number of carbonyl (C=O) groups excluding carboxylic acids is 2. The summed E-state index contributed by atoms with van der Waals surface area (Å²) in [6.45, 7) is 14.7. The van der Waals surface area contributed by atoms with E-state index >= 15 is 0 Å². The number of allylic oxidation sites excluding steroid dienone is 2. The number of hydrogen-bond acceptors (Lipinski definition) is 4. The van der Waals surface area contributed by atoms with Crippen LogP contribution >= 0.6 is 12.4 Å². The van der Waals surface area contributed by atoms with Crippen LogP contribution in [0.4, 0.5) is 11.4 Å². The normalized spacial score (nSPS) is 22.2. The van der Waals surface area contributed by atoms with Gasteiger partial charge in [-0.3, -0.25) is 19.4 Å². The van der Waals surface area contributed by atoms with Gasteiger partial charge in [0.1, 0.15) is 0 Å². The minimum atomic E-state index is -0.0649. The van der Waals surface area contributed by atoms with Gasteiger partial charge in [0, 0.05) is 50.3 Å². The molecule has 6 heteroatoms.